The van der Waals surface area contributed by atoms with Gasteiger partial charge in [0.2, 0.25) is 11.8 Å². The van der Waals surface area contributed by atoms with Gasteiger partial charge in [-0.15, -0.1) is 11.3 Å². The average Bonchev–Trinajstić information content (AvgIpc) is 3.40. The SMILES string of the molecule is CCC(=O)N1CCN(c2nc3c(s2)C[C@H](C(=O)NCc2ccco2)CC3)CC1. The van der Waals surface area contributed by atoms with Gasteiger partial charge in [-0.3, -0.25) is 9.59 Å². The zero-order chi connectivity index (χ0) is 19.5. The molecule has 1 aliphatic heterocycles. The molecule has 7 nitrogen and oxygen atoms in total. The molecule has 0 radical (unpaired) electrons. The third-order valence-electron chi connectivity index (χ3n) is 5.52. The lowest BCUT2D eigenvalue weighted by molar-refractivity contribution is -0.131. The highest BCUT2D eigenvalue weighted by Crippen LogP contribution is 2.34. The molecule has 0 saturated carbocycles. The maximum Gasteiger partial charge on any atom is 0.223 e. The molecule has 1 saturated heterocycles. The highest BCUT2D eigenvalue weighted by Gasteiger charge is 2.29. The van der Waals surface area contributed by atoms with E-state index in [0.717, 1.165) is 62.0 Å². The summed E-state index contributed by atoms with van der Waals surface area (Å²) in [5.41, 5.74) is 1.14. The highest BCUT2D eigenvalue weighted by molar-refractivity contribution is 7.15. The molecular formula is C20H26N4O3S. The van der Waals surface area contributed by atoms with Crippen LogP contribution in [0.2, 0.25) is 0 Å². The van der Waals surface area contributed by atoms with Crippen LogP contribution in [0.5, 0.6) is 0 Å². The molecule has 3 heterocycles. The van der Waals surface area contributed by atoms with Crippen LogP contribution in [0.1, 0.15) is 36.1 Å². The number of amides is 2. The Morgan fingerprint density at radius 1 is 1.32 bits per heavy atom. The second-order valence-corrected chi connectivity index (χ2v) is 8.39. The largest absolute Gasteiger partial charge is 0.467 e. The van der Waals surface area contributed by atoms with Crippen molar-refractivity contribution in [3.05, 3.63) is 34.7 Å². The number of hydrogen-bond acceptors (Lipinski definition) is 6. The number of piperazine rings is 1. The van der Waals surface area contributed by atoms with E-state index >= 15 is 0 Å². The molecule has 150 valence electrons. The number of aromatic nitrogens is 1. The van der Waals surface area contributed by atoms with E-state index in [9.17, 15) is 9.59 Å². The third kappa shape index (κ3) is 4.06. The van der Waals surface area contributed by atoms with Gasteiger partial charge in [0.25, 0.3) is 0 Å². The first-order valence-corrected chi connectivity index (χ1v) is 10.8. The number of thiazole rings is 1. The van der Waals surface area contributed by atoms with Gasteiger partial charge in [0.05, 0.1) is 18.5 Å². The molecule has 28 heavy (non-hydrogen) atoms. The van der Waals surface area contributed by atoms with Crippen molar-refractivity contribution in [1.82, 2.24) is 15.2 Å². The van der Waals surface area contributed by atoms with Crippen LogP contribution >= 0.6 is 11.3 Å². The van der Waals surface area contributed by atoms with Crippen molar-refractivity contribution < 1.29 is 14.0 Å². The summed E-state index contributed by atoms with van der Waals surface area (Å²) in [5, 5.41) is 4.01. The average molecular weight is 403 g/mol. The van der Waals surface area contributed by atoms with Crippen molar-refractivity contribution in [2.24, 2.45) is 5.92 Å². The van der Waals surface area contributed by atoms with Crippen LogP contribution in [0.25, 0.3) is 0 Å². The summed E-state index contributed by atoms with van der Waals surface area (Å²) in [6.45, 7) is 5.51. The van der Waals surface area contributed by atoms with Gasteiger partial charge >= 0.3 is 0 Å². The molecule has 8 heteroatoms. The predicted octanol–water partition coefficient (Wildman–Crippen LogP) is 2.22. The van der Waals surface area contributed by atoms with Crippen molar-refractivity contribution in [3.8, 4) is 0 Å². The Bertz CT molecular complexity index is 825. The second kappa shape index (κ2) is 8.34. The summed E-state index contributed by atoms with van der Waals surface area (Å²) in [6.07, 6.45) is 4.61. The fraction of sp³-hybridized carbons (Fsp3) is 0.550. The van der Waals surface area contributed by atoms with Crippen molar-refractivity contribution in [2.75, 3.05) is 31.1 Å². The van der Waals surface area contributed by atoms with Crippen LogP contribution in [0.4, 0.5) is 5.13 Å². The molecule has 2 aromatic rings. The van der Waals surface area contributed by atoms with Crippen LogP contribution < -0.4 is 10.2 Å². The molecule has 0 unspecified atom stereocenters. The van der Waals surface area contributed by atoms with Gasteiger partial charge in [-0.1, -0.05) is 6.92 Å². The normalized spacial score (nSPS) is 19.4. The number of carbonyl (C=O) groups excluding carboxylic acids is 2. The van der Waals surface area contributed by atoms with Crippen molar-refractivity contribution >= 4 is 28.3 Å². The summed E-state index contributed by atoms with van der Waals surface area (Å²) >= 11 is 1.71. The molecule has 0 spiro atoms. The van der Waals surface area contributed by atoms with Crippen molar-refractivity contribution in [3.63, 3.8) is 0 Å². The summed E-state index contributed by atoms with van der Waals surface area (Å²) < 4.78 is 5.27. The second-order valence-electron chi connectivity index (χ2n) is 7.32. The monoisotopic (exact) mass is 402 g/mol. The number of anilines is 1. The van der Waals surface area contributed by atoms with Gasteiger partial charge in [0.15, 0.2) is 5.13 Å². The minimum Gasteiger partial charge on any atom is -0.467 e. The molecule has 2 aliphatic rings. The summed E-state index contributed by atoms with van der Waals surface area (Å²) in [6, 6.07) is 3.69. The van der Waals surface area contributed by atoms with Crippen molar-refractivity contribution in [1.29, 1.82) is 0 Å². The molecule has 2 amide bonds. The lowest BCUT2D eigenvalue weighted by Crippen LogP contribution is -2.48. The fourth-order valence-electron chi connectivity index (χ4n) is 3.82. The minimum atomic E-state index is -0.00483. The predicted molar refractivity (Wildman–Crippen MR) is 107 cm³/mol. The smallest absolute Gasteiger partial charge is 0.223 e. The number of aryl methyl sites for hydroxylation is 1. The van der Waals surface area contributed by atoms with E-state index in [-0.39, 0.29) is 17.7 Å². The first-order chi connectivity index (χ1) is 13.6. The Hall–Kier alpha value is -2.35. The number of hydrogen-bond donors (Lipinski definition) is 1. The Labute approximate surface area is 168 Å². The van der Waals surface area contributed by atoms with E-state index in [1.54, 1.807) is 17.6 Å². The van der Waals surface area contributed by atoms with Gasteiger partial charge in [-0.2, -0.15) is 0 Å². The van der Waals surface area contributed by atoms with Crippen LogP contribution in [0, 0.1) is 5.92 Å². The van der Waals surface area contributed by atoms with E-state index in [4.69, 9.17) is 9.40 Å². The molecule has 0 bridgehead atoms. The fourth-order valence-corrected chi connectivity index (χ4v) is 5.06. The third-order valence-corrected chi connectivity index (χ3v) is 6.70. The molecule has 1 N–H and O–H groups in total. The summed E-state index contributed by atoms with van der Waals surface area (Å²) in [5.74, 6) is 1.07. The van der Waals surface area contributed by atoms with E-state index in [1.165, 1.54) is 4.88 Å². The topological polar surface area (TPSA) is 78.7 Å². The lowest BCUT2D eigenvalue weighted by Gasteiger charge is -2.34. The van der Waals surface area contributed by atoms with Crippen molar-refractivity contribution in [2.45, 2.75) is 39.2 Å². The van der Waals surface area contributed by atoms with E-state index < -0.39 is 0 Å². The Morgan fingerprint density at radius 3 is 2.86 bits per heavy atom. The highest BCUT2D eigenvalue weighted by atomic mass is 32.1. The number of fused-ring (bicyclic) bond motifs is 1. The van der Waals surface area contributed by atoms with Gasteiger partial charge in [-0.25, -0.2) is 4.98 Å². The molecule has 4 rings (SSSR count). The summed E-state index contributed by atoms with van der Waals surface area (Å²) in [4.78, 5) is 34.6. The van der Waals surface area contributed by atoms with Crippen LogP contribution in [0.3, 0.4) is 0 Å². The van der Waals surface area contributed by atoms with Gasteiger partial charge in [0.1, 0.15) is 5.76 Å². The Kier molecular flexibility index (Phi) is 5.66. The molecule has 1 atom stereocenters. The Morgan fingerprint density at radius 2 is 2.14 bits per heavy atom. The van der Waals surface area contributed by atoms with Gasteiger partial charge < -0.3 is 19.5 Å². The molecule has 1 aliphatic carbocycles. The van der Waals surface area contributed by atoms with Crippen LogP contribution in [0.15, 0.2) is 22.8 Å². The Balaban J connectivity index is 1.33. The zero-order valence-corrected chi connectivity index (χ0v) is 17.0. The molecule has 1 fully saturated rings. The number of carbonyl (C=O) groups is 2. The standard InChI is InChI=1S/C20H26N4O3S/c1-2-18(25)23-7-9-24(10-8-23)20-22-16-6-5-14(12-17(16)28-20)19(26)21-13-15-4-3-11-27-15/h3-4,11,14H,2,5-10,12-13H2,1H3,(H,21,26)/t14-/m1/s1. The molecular weight excluding hydrogens is 376 g/mol. The van der Waals surface area contributed by atoms with Crippen LogP contribution in [-0.2, 0) is 29.0 Å². The first-order valence-electron chi connectivity index (χ1n) is 9.95. The number of rotatable bonds is 5. The van der Waals surface area contributed by atoms with E-state index in [1.807, 2.05) is 24.0 Å². The minimum absolute atomic E-state index is 0.00483. The van der Waals surface area contributed by atoms with E-state index in [0.29, 0.717) is 13.0 Å². The maximum absolute atomic E-state index is 12.5. The zero-order valence-electron chi connectivity index (χ0n) is 16.1. The number of furan rings is 1. The van der Waals surface area contributed by atoms with Crippen LogP contribution in [-0.4, -0.2) is 47.9 Å². The lowest BCUT2D eigenvalue weighted by atomic mass is 9.90. The van der Waals surface area contributed by atoms with Gasteiger partial charge in [0, 0.05) is 43.4 Å². The first kappa shape index (κ1) is 19.0. The van der Waals surface area contributed by atoms with Gasteiger partial charge in [-0.05, 0) is 31.4 Å². The maximum atomic E-state index is 12.5. The number of nitrogens with zero attached hydrogens (tertiary/aromatic N) is 3. The number of nitrogens with one attached hydrogen (secondary N) is 1. The molecule has 2 aromatic heterocycles. The molecule has 0 aromatic carbocycles. The van der Waals surface area contributed by atoms with E-state index in [2.05, 4.69) is 10.2 Å². The quantitative estimate of drug-likeness (QED) is 0.830. The summed E-state index contributed by atoms with van der Waals surface area (Å²) in [7, 11) is 0.